The zero-order chi connectivity index (χ0) is 15.5. The third-order valence-electron chi connectivity index (χ3n) is 4.39. The van der Waals surface area contributed by atoms with Gasteiger partial charge in [0, 0.05) is 6.54 Å². The van der Waals surface area contributed by atoms with Crippen LogP contribution >= 0.6 is 0 Å². The van der Waals surface area contributed by atoms with E-state index in [1.54, 1.807) is 4.90 Å². The van der Waals surface area contributed by atoms with Gasteiger partial charge in [-0.25, -0.2) is 4.79 Å². The number of nitrogens with zero attached hydrogens (tertiary/aromatic N) is 1. The SMILES string of the molecule is CC[C@H]1OC(=O)C[C@H]2[C@@H]1OC(=O)N2CCCc1ccccc1. The van der Waals surface area contributed by atoms with Gasteiger partial charge < -0.3 is 14.4 Å². The molecule has 22 heavy (non-hydrogen) atoms. The van der Waals surface area contributed by atoms with E-state index in [0.29, 0.717) is 13.0 Å². The minimum atomic E-state index is -0.320. The van der Waals surface area contributed by atoms with Crippen LogP contribution in [0.1, 0.15) is 31.7 Å². The van der Waals surface area contributed by atoms with Crippen LogP contribution in [0.25, 0.3) is 0 Å². The van der Waals surface area contributed by atoms with E-state index in [-0.39, 0.29) is 36.7 Å². The summed E-state index contributed by atoms with van der Waals surface area (Å²) in [4.78, 5) is 25.5. The van der Waals surface area contributed by atoms with Crippen LogP contribution in [-0.4, -0.2) is 41.8 Å². The summed E-state index contributed by atoms with van der Waals surface area (Å²) in [7, 11) is 0. The van der Waals surface area contributed by atoms with Gasteiger partial charge in [-0.05, 0) is 24.8 Å². The van der Waals surface area contributed by atoms with Gasteiger partial charge in [0.15, 0.2) is 6.10 Å². The maximum atomic E-state index is 12.1. The predicted octanol–water partition coefficient (Wildman–Crippen LogP) is 2.53. The van der Waals surface area contributed by atoms with Gasteiger partial charge in [0.2, 0.25) is 0 Å². The molecule has 2 fully saturated rings. The van der Waals surface area contributed by atoms with Crippen molar-refractivity contribution in [3.63, 3.8) is 0 Å². The first-order chi connectivity index (χ1) is 10.7. The average Bonchev–Trinajstić information content (AvgIpc) is 2.84. The summed E-state index contributed by atoms with van der Waals surface area (Å²) in [6.45, 7) is 2.55. The van der Waals surface area contributed by atoms with Gasteiger partial charge in [0.1, 0.15) is 6.10 Å². The molecule has 3 rings (SSSR count). The molecule has 5 nitrogen and oxygen atoms in total. The fraction of sp³-hybridized carbons (Fsp3) is 0.529. The Balaban J connectivity index is 1.61. The Bertz CT molecular complexity index is 545. The molecule has 1 aromatic carbocycles. The van der Waals surface area contributed by atoms with Gasteiger partial charge in [0.05, 0.1) is 12.5 Å². The van der Waals surface area contributed by atoms with Crippen LogP contribution < -0.4 is 0 Å². The van der Waals surface area contributed by atoms with Gasteiger partial charge in [-0.3, -0.25) is 4.79 Å². The molecule has 0 aliphatic carbocycles. The van der Waals surface area contributed by atoms with Crippen molar-refractivity contribution in [2.75, 3.05) is 6.54 Å². The third-order valence-corrected chi connectivity index (χ3v) is 4.39. The monoisotopic (exact) mass is 303 g/mol. The lowest BCUT2D eigenvalue weighted by molar-refractivity contribution is -0.164. The van der Waals surface area contributed by atoms with Gasteiger partial charge in [-0.15, -0.1) is 0 Å². The number of aryl methyl sites for hydroxylation is 1. The number of hydrogen-bond donors (Lipinski definition) is 0. The van der Waals surface area contributed by atoms with E-state index in [9.17, 15) is 9.59 Å². The highest BCUT2D eigenvalue weighted by Crippen LogP contribution is 2.31. The maximum Gasteiger partial charge on any atom is 0.410 e. The molecule has 0 N–H and O–H groups in total. The topological polar surface area (TPSA) is 55.8 Å². The summed E-state index contributed by atoms with van der Waals surface area (Å²) >= 11 is 0. The minimum absolute atomic E-state index is 0.172. The summed E-state index contributed by atoms with van der Waals surface area (Å²) in [5.41, 5.74) is 1.25. The van der Waals surface area contributed by atoms with E-state index < -0.39 is 0 Å². The van der Waals surface area contributed by atoms with Crippen molar-refractivity contribution in [1.29, 1.82) is 0 Å². The lowest BCUT2D eigenvalue weighted by Gasteiger charge is -2.32. The molecule has 0 bridgehead atoms. The summed E-state index contributed by atoms with van der Waals surface area (Å²) in [6.07, 6.45) is 1.72. The summed E-state index contributed by atoms with van der Waals surface area (Å²) in [5.74, 6) is -0.237. The van der Waals surface area contributed by atoms with Crippen molar-refractivity contribution in [2.45, 2.75) is 50.9 Å². The first-order valence-electron chi connectivity index (χ1n) is 7.89. The molecule has 0 aromatic heterocycles. The smallest absolute Gasteiger partial charge is 0.410 e. The molecule has 2 aliphatic rings. The quantitative estimate of drug-likeness (QED) is 0.784. The Kier molecular flexibility index (Phi) is 4.32. The van der Waals surface area contributed by atoms with Crippen LogP contribution in [0.4, 0.5) is 4.79 Å². The average molecular weight is 303 g/mol. The van der Waals surface area contributed by atoms with Crippen molar-refractivity contribution >= 4 is 12.1 Å². The van der Waals surface area contributed by atoms with Gasteiger partial charge >= 0.3 is 12.1 Å². The molecule has 3 atom stereocenters. The van der Waals surface area contributed by atoms with Crippen LogP contribution in [0.15, 0.2) is 30.3 Å². The van der Waals surface area contributed by atoms with E-state index in [2.05, 4.69) is 12.1 Å². The summed E-state index contributed by atoms with van der Waals surface area (Å²) in [5, 5.41) is 0. The van der Waals surface area contributed by atoms with Gasteiger partial charge in [-0.1, -0.05) is 37.3 Å². The van der Waals surface area contributed by atoms with E-state index >= 15 is 0 Å². The Morgan fingerprint density at radius 1 is 1.18 bits per heavy atom. The zero-order valence-electron chi connectivity index (χ0n) is 12.7. The third kappa shape index (κ3) is 2.93. The number of fused-ring (bicyclic) bond motifs is 1. The standard InChI is InChI=1S/C17H21NO4/c1-2-14-16-13(11-15(19)21-14)18(17(20)22-16)10-6-9-12-7-4-3-5-8-12/h3-5,7-8,13-14,16H,2,6,9-11H2,1H3/t13-,14+,16-/m0/s1. The number of carbonyl (C=O) groups is 2. The lowest BCUT2D eigenvalue weighted by Crippen LogP contribution is -2.49. The molecular weight excluding hydrogens is 282 g/mol. The molecule has 1 amide bonds. The number of carbonyl (C=O) groups excluding carboxylic acids is 2. The van der Waals surface area contributed by atoms with Crippen molar-refractivity contribution < 1.29 is 19.1 Å². The largest absolute Gasteiger partial charge is 0.458 e. The molecular formula is C17H21NO4. The van der Waals surface area contributed by atoms with Crippen molar-refractivity contribution in [3.8, 4) is 0 Å². The van der Waals surface area contributed by atoms with E-state index in [1.807, 2.05) is 25.1 Å². The van der Waals surface area contributed by atoms with Crippen LogP contribution in [0.5, 0.6) is 0 Å². The highest BCUT2D eigenvalue weighted by molar-refractivity contribution is 5.77. The van der Waals surface area contributed by atoms with Crippen molar-refractivity contribution in [2.24, 2.45) is 0 Å². The molecule has 0 spiro atoms. The van der Waals surface area contributed by atoms with E-state index in [0.717, 1.165) is 12.8 Å². The van der Waals surface area contributed by atoms with Crippen molar-refractivity contribution in [1.82, 2.24) is 4.90 Å². The molecule has 2 saturated heterocycles. The second-order valence-corrected chi connectivity index (χ2v) is 5.84. The maximum absolute atomic E-state index is 12.1. The lowest BCUT2D eigenvalue weighted by atomic mass is 9.97. The van der Waals surface area contributed by atoms with Crippen LogP contribution in [-0.2, 0) is 20.7 Å². The van der Waals surface area contributed by atoms with Crippen molar-refractivity contribution in [3.05, 3.63) is 35.9 Å². The fourth-order valence-corrected chi connectivity index (χ4v) is 3.25. The number of hydrogen-bond acceptors (Lipinski definition) is 4. The number of ether oxygens (including phenoxy) is 2. The molecule has 0 saturated carbocycles. The number of esters is 1. The fourth-order valence-electron chi connectivity index (χ4n) is 3.25. The Labute approximate surface area is 130 Å². The summed E-state index contributed by atoms with van der Waals surface area (Å²) in [6, 6.07) is 10.0. The summed E-state index contributed by atoms with van der Waals surface area (Å²) < 4.78 is 10.7. The molecule has 0 radical (unpaired) electrons. The second-order valence-electron chi connectivity index (χ2n) is 5.84. The highest BCUT2D eigenvalue weighted by Gasteiger charge is 2.50. The van der Waals surface area contributed by atoms with E-state index in [1.165, 1.54) is 5.56 Å². The highest BCUT2D eigenvalue weighted by atomic mass is 16.6. The zero-order valence-corrected chi connectivity index (χ0v) is 12.7. The molecule has 5 heteroatoms. The van der Waals surface area contributed by atoms with Gasteiger partial charge in [-0.2, -0.15) is 0 Å². The molecule has 1 aromatic rings. The number of cyclic esters (lactones) is 1. The Morgan fingerprint density at radius 3 is 2.68 bits per heavy atom. The van der Waals surface area contributed by atoms with Crippen LogP contribution in [0.2, 0.25) is 0 Å². The van der Waals surface area contributed by atoms with Crippen LogP contribution in [0.3, 0.4) is 0 Å². The normalized spacial score (nSPS) is 27.3. The van der Waals surface area contributed by atoms with Gasteiger partial charge in [0.25, 0.3) is 0 Å². The first-order valence-corrected chi connectivity index (χ1v) is 7.89. The molecule has 2 heterocycles. The number of amides is 1. The van der Waals surface area contributed by atoms with Crippen LogP contribution in [0, 0.1) is 0 Å². The first kappa shape index (κ1) is 14.9. The molecule has 118 valence electrons. The Morgan fingerprint density at radius 2 is 1.95 bits per heavy atom. The number of rotatable bonds is 5. The molecule has 2 aliphatic heterocycles. The number of benzene rings is 1. The molecule has 0 unspecified atom stereocenters. The predicted molar refractivity (Wildman–Crippen MR) is 80.3 cm³/mol. The minimum Gasteiger partial charge on any atom is -0.458 e. The van der Waals surface area contributed by atoms with E-state index in [4.69, 9.17) is 9.47 Å². The second kappa shape index (κ2) is 6.38. The Hall–Kier alpha value is -2.04.